The van der Waals surface area contributed by atoms with Crippen LogP contribution in [0.1, 0.15) is 17.5 Å². The van der Waals surface area contributed by atoms with Gasteiger partial charge in [-0.2, -0.15) is 0 Å². The summed E-state index contributed by atoms with van der Waals surface area (Å²) in [6, 6.07) is 8.18. The molecule has 5 nitrogen and oxygen atoms in total. The summed E-state index contributed by atoms with van der Waals surface area (Å²) in [4.78, 5) is 26.5. The Morgan fingerprint density at radius 3 is 2.52 bits per heavy atom. The maximum Gasteiger partial charge on any atom is 0.311 e. The van der Waals surface area contributed by atoms with E-state index in [9.17, 15) is 14.7 Å². The quantitative estimate of drug-likeness (QED) is 0.894. The summed E-state index contributed by atoms with van der Waals surface area (Å²) in [5.41, 5.74) is 1.69. The molecule has 2 atom stereocenters. The summed E-state index contributed by atoms with van der Waals surface area (Å²) < 4.78 is 5.46. The smallest absolute Gasteiger partial charge is 0.311 e. The van der Waals surface area contributed by atoms with Gasteiger partial charge in [-0.1, -0.05) is 24.3 Å². The predicted molar refractivity (Wildman–Crippen MR) is 82.9 cm³/mol. The molecule has 1 N–H and O–H groups in total. The summed E-state index contributed by atoms with van der Waals surface area (Å²) in [5.74, 6) is -0.798. The van der Waals surface area contributed by atoms with Crippen molar-refractivity contribution in [3.63, 3.8) is 0 Å². The van der Waals surface area contributed by atoms with Crippen LogP contribution in [0.5, 0.6) is 0 Å². The molecule has 122 valence electrons. The van der Waals surface area contributed by atoms with Gasteiger partial charge in [0.15, 0.2) is 0 Å². The number of aliphatic carboxylic acids is 1. The zero-order chi connectivity index (χ0) is 16.0. The number of carboxylic acids is 1. The van der Waals surface area contributed by atoms with Crippen molar-refractivity contribution >= 4 is 11.9 Å². The molecule has 4 rings (SSSR count). The first kappa shape index (κ1) is 14.7. The Kier molecular flexibility index (Phi) is 3.41. The average molecular weight is 315 g/mol. The lowest BCUT2D eigenvalue weighted by Gasteiger charge is -2.33. The molecule has 0 spiro atoms. The van der Waals surface area contributed by atoms with Crippen molar-refractivity contribution in [2.45, 2.75) is 19.3 Å². The number of rotatable bonds is 2. The van der Waals surface area contributed by atoms with Gasteiger partial charge in [0, 0.05) is 31.5 Å². The van der Waals surface area contributed by atoms with Crippen LogP contribution in [-0.4, -0.2) is 48.2 Å². The van der Waals surface area contributed by atoms with Crippen molar-refractivity contribution < 1.29 is 19.4 Å². The summed E-state index contributed by atoms with van der Waals surface area (Å²) in [5, 5.41) is 9.71. The topological polar surface area (TPSA) is 66.8 Å². The molecule has 2 heterocycles. The highest BCUT2D eigenvalue weighted by molar-refractivity contribution is 5.83. The van der Waals surface area contributed by atoms with Crippen LogP contribution in [0, 0.1) is 17.3 Å². The third kappa shape index (κ3) is 2.26. The minimum Gasteiger partial charge on any atom is -0.481 e. The Hall–Kier alpha value is -1.88. The van der Waals surface area contributed by atoms with E-state index < -0.39 is 11.4 Å². The molecule has 5 heteroatoms. The number of carbonyl (C=O) groups is 2. The molecule has 2 saturated heterocycles. The van der Waals surface area contributed by atoms with Crippen molar-refractivity contribution in [2.24, 2.45) is 17.3 Å². The molecule has 1 aromatic carbocycles. The standard InChI is InChI=1S/C18H21NO4/c20-16(14-7-12-3-1-2-4-13(12)8-14)19-9-15-10-23-6-5-18(15,11-19)17(21)22/h1-4,14-15H,5-11H2,(H,21,22)/t15-,18+/m1/s1. The summed E-state index contributed by atoms with van der Waals surface area (Å²) in [7, 11) is 0. The third-order valence-electron chi connectivity index (χ3n) is 5.84. The Bertz CT molecular complexity index is 633. The number of likely N-dealkylation sites (tertiary alicyclic amines) is 1. The number of amides is 1. The SMILES string of the molecule is O=C(C1Cc2ccccc2C1)N1C[C@@H]2COCC[C@]2(C(=O)O)C1. The van der Waals surface area contributed by atoms with E-state index in [1.807, 2.05) is 12.1 Å². The van der Waals surface area contributed by atoms with Crippen molar-refractivity contribution in [1.82, 2.24) is 4.90 Å². The number of hydrogen-bond donors (Lipinski definition) is 1. The zero-order valence-electron chi connectivity index (χ0n) is 13.0. The van der Waals surface area contributed by atoms with E-state index >= 15 is 0 Å². The molecule has 3 aliphatic rings. The Labute approximate surface area is 135 Å². The van der Waals surface area contributed by atoms with E-state index in [2.05, 4.69) is 12.1 Å². The number of fused-ring (bicyclic) bond motifs is 2. The Morgan fingerprint density at radius 1 is 1.22 bits per heavy atom. The van der Waals surface area contributed by atoms with Crippen LogP contribution in [0.4, 0.5) is 0 Å². The van der Waals surface area contributed by atoms with Gasteiger partial charge in [-0.05, 0) is 30.4 Å². The van der Waals surface area contributed by atoms with Gasteiger partial charge in [0.05, 0.1) is 12.0 Å². The number of carbonyl (C=O) groups excluding carboxylic acids is 1. The van der Waals surface area contributed by atoms with Gasteiger partial charge in [-0.15, -0.1) is 0 Å². The highest BCUT2D eigenvalue weighted by Crippen LogP contribution is 2.43. The van der Waals surface area contributed by atoms with Gasteiger partial charge in [0.1, 0.15) is 0 Å². The molecule has 23 heavy (non-hydrogen) atoms. The van der Waals surface area contributed by atoms with Crippen LogP contribution >= 0.6 is 0 Å². The Morgan fingerprint density at radius 2 is 1.91 bits per heavy atom. The van der Waals surface area contributed by atoms with Crippen molar-refractivity contribution in [2.75, 3.05) is 26.3 Å². The van der Waals surface area contributed by atoms with Gasteiger partial charge in [0.2, 0.25) is 5.91 Å². The highest BCUT2D eigenvalue weighted by Gasteiger charge is 2.55. The molecule has 2 fully saturated rings. The highest BCUT2D eigenvalue weighted by atomic mass is 16.5. The third-order valence-corrected chi connectivity index (χ3v) is 5.84. The lowest BCUT2D eigenvalue weighted by molar-refractivity contribution is -0.157. The van der Waals surface area contributed by atoms with Gasteiger partial charge >= 0.3 is 5.97 Å². The maximum atomic E-state index is 12.9. The fourth-order valence-electron chi connectivity index (χ4n) is 4.46. The molecule has 0 radical (unpaired) electrons. The van der Waals surface area contributed by atoms with Gasteiger partial charge in [-0.25, -0.2) is 0 Å². The monoisotopic (exact) mass is 315 g/mol. The molecule has 0 unspecified atom stereocenters. The van der Waals surface area contributed by atoms with Crippen LogP contribution in [-0.2, 0) is 27.2 Å². The second-order valence-corrected chi connectivity index (χ2v) is 7.08. The maximum absolute atomic E-state index is 12.9. The van der Waals surface area contributed by atoms with Crippen LogP contribution in [0.25, 0.3) is 0 Å². The molecule has 1 amide bonds. The van der Waals surface area contributed by atoms with E-state index in [1.54, 1.807) is 4.90 Å². The molecule has 0 saturated carbocycles. The normalized spacial score (nSPS) is 30.1. The molecular formula is C18H21NO4. The second-order valence-electron chi connectivity index (χ2n) is 7.08. The molecule has 0 bridgehead atoms. The number of carboxylic acid groups (broad SMARTS) is 1. The fourth-order valence-corrected chi connectivity index (χ4v) is 4.46. The predicted octanol–water partition coefficient (Wildman–Crippen LogP) is 1.35. The lowest BCUT2D eigenvalue weighted by atomic mass is 9.74. The van der Waals surface area contributed by atoms with Crippen LogP contribution in [0.3, 0.4) is 0 Å². The Balaban J connectivity index is 1.52. The number of hydrogen-bond acceptors (Lipinski definition) is 3. The van der Waals surface area contributed by atoms with Gasteiger partial charge in [0.25, 0.3) is 0 Å². The molecule has 1 aromatic rings. The van der Waals surface area contributed by atoms with E-state index in [0.717, 1.165) is 12.8 Å². The van der Waals surface area contributed by atoms with E-state index in [0.29, 0.717) is 32.7 Å². The zero-order valence-corrected chi connectivity index (χ0v) is 13.0. The summed E-state index contributed by atoms with van der Waals surface area (Å²) >= 11 is 0. The lowest BCUT2D eigenvalue weighted by Crippen LogP contribution is -2.45. The van der Waals surface area contributed by atoms with Crippen molar-refractivity contribution in [1.29, 1.82) is 0 Å². The molecular weight excluding hydrogens is 294 g/mol. The minimum absolute atomic E-state index is 0.0423. The largest absolute Gasteiger partial charge is 0.481 e. The van der Waals surface area contributed by atoms with Crippen molar-refractivity contribution in [3.05, 3.63) is 35.4 Å². The van der Waals surface area contributed by atoms with Crippen molar-refractivity contribution in [3.8, 4) is 0 Å². The second kappa shape index (κ2) is 5.34. The minimum atomic E-state index is -0.806. The average Bonchev–Trinajstić information content (AvgIpc) is 3.16. The van der Waals surface area contributed by atoms with Crippen LogP contribution < -0.4 is 0 Å². The summed E-state index contributed by atoms with van der Waals surface area (Å²) in [6.45, 7) is 1.76. The summed E-state index contributed by atoms with van der Waals surface area (Å²) in [6.07, 6.45) is 2.04. The first-order chi connectivity index (χ1) is 11.1. The molecule has 1 aliphatic carbocycles. The first-order valence-electron chi connectivity index (χ1n) is 8.27. The van der Waals surface area contributed by atoms with Gasteiger partial charge in [-0.3, -0.25) is 9.59 Å². The number of ether oxygens (including phenoxy) is 1. The fraction of sp³-hybridized carbons (Fsp3) is 0.556. The molecule has 0 aromatic heterocycles. The molecule has 2 aliphatic heterocycles. The van der Waals surface area contributed by atoms with Crippen LogP contribution in [0.15, 0.2) is 24.3 Å². The van der Waals surface area contributed by atoms with Crippen LogP contribution in [0.2, 0.25) is 0 Å². The number of benzene rings is 1. The first-order valence-corrected chi connectivity index (χ1v) is 8.27. The van der Waals surface area contributed by atoms with Gasteiger partial charge < -0.3 is 14.7 Å². The van der Waals surface area contributed by atoms with E-state index in [-0.39, 0.29) is 17.7 Å². The van der Waals surface area contributed by atoms with E-state index in [4.69, 9.17) is 4.74 Å². The van der Waals surface area contributed by atoms with E-state index in [1.165, 1.54) is 11.1 Å². The number of nitrogens with zero attached hydrogens (tertiary/aromatic N) is 1.